The number of rotatable bonds is 3. The van der Waals surface area contributed by atoms with Gasteiger partial charge in [-0.25, -0.2) is 4.98 Å². The van der Waals surface area contributed by atoms with E-state index in [-0.39, 0.29) is 0 Å². The van der Waals surface area contributed by atoms with Crippen LogP contribution in [0.1, 0.15) is 10.4 Å². The summed E-state index contributed by atoms with van der Waals surface area (Å²) in [4.78, 5) is 15.7. The van der Waals surface area contributed by atoms with Crippen molar-refractivity contribution in [2.45, 2.75) is 0 Å². The van der Waals surface area contributed by atoms with Crippen molar-refractivity contribution in [3.8, 4) is 0 Å². The first-order chi connectivity index (χ1) is 9.63. The number of nitrogen functional groups attached to an aromatic ring is 1. The fraction of sp³-hybridized carbons (Fsp3) is 0. The number of hydrogen-bond acceptors (Lipinski definition) is 5. The lowest BCUT2D eigenvalue weighted by molar-refractivity contribution is 0.100. The number of fused-ring (bicyclic) bond motifs is 1. The van der Waals surface area contributed by atoms with E-state index in [4.69, 9.17) is 11.5 Å². The molecule has 0 bridgehead atoms. The van der Waals surface area contributed by atoms with Crippen molar-refractivity contribution in [2.24, 2.45) is 5.73 Å². The molecule has 0 saturated carbocycles. The minimum absolute atomic E-state index is 0.370. The van der Waals surface area contributed by atoms with Gasteiger partial charge in [0, 0.05) is 11.4 Å². The molecule has 3 aromatic rings. The number of benzene rings is 2. The van der Waals surface area contributed by atoms with Crippen molar-refractivity contribution in [3.05, 3.63) is 47.5 Å². The Labute approximate surface area is 119 Å². The quantitative estimate of drug-likeness (QED) is 0.644. The van der Waals surface area contributed by atoms with Crippen LogP contribution >= 0.6 is 11.3 Å². The third kappa shape index (κ3) is 2.28. The Hall–Kier alpha value is -2.60. The van der Waals surface area contributed by atoms with Gasteiger partial charge in [-0.1, -0.05) is 0 Å². The SMILES string of the molecule is NC(=O)c1cc(N)ccc1Nc1ccc2ncsc2c1. The number of aromatic nitrogens is 1. The number of nitrogens with one attached hydrogen (secondary N) is 1. The zero-order valence-corrected chi connectivity index (χ0v) is 11.3. The Morgan fingerprint density at radius 1 is 1.20 bits per heavy atom. The lowest BCUT2D eigenvalue weighted by Crippen LogP contribution is -2.13. The molecule has 1 heterocycles. The van der Waals surface area contributed by atoms with E-state index in [0.717, 1.165) is 15.9 Å². The number of nitrogens with zero attached hydrogens (tertiary/aromatic N) is 1. The van der Waals surface area contributed by atoms with Gasteiger partial charge in [-0.3, -0.25) is 4.79 Å². The number of anilines is 3. The first-order valence-electron chi connectivity index (χ1n) is 5.93. The third-order valence-electron chi connectivity index (χ3n) is 2.92. The van der Waals surface area contributed by atoms with Crippen LogP contribution in [-0.2, 0) is 0 Å². The molecule has 2 aromatic carbocycles. The van der Waals surface area contributed by atoms with E-state index in [2.05, 4.69) is 10.3 Å². The summed E-state index contributed by atoms with van der Waals surface area (Å²) in [6.07, 6.45) is 0. The molecule has 1 amide bonds. The van der Waals surface area contributed by atoms with Crippen LogP contribution in [0.4, 0.5) is 17.1 Å². The highest BCUT2D eigenvalue weighted by Gasteiger charge is 2.09. The van der Waals surface area contributed by atoms with Gasteiger partial charge in [0.1, 0.15) is 0 Å². The summed E-state index contributed by atoms with van der Waals surface area (Å²) in [5.41, 5.74) is 16.2. The summed E-state index contributed by atoms with van der Waals surface area (Å²) in [5.74, 6) is -0.515. The van der Waals surface area contributed by atoms with Crippen LogP contribution in [0.2, 0.25) is 0 Å². The Kier molecular flexibility index (Phi) is 3.00. The number of amides is 1. The van der Waals surface area contributed by atoms with E-state index in [1.165, 1.54) is 0 Å². The Morgan fingerprint density at radius 2 is 2.05 bits per heavy atom. The van der Waals surface area contributed by atoms with Gasteiger partial charge in [0.2, 0.25) is 0 Å². The number of primary amides is 1. The van der Waals surface area contributed by atoms with Crippen LogP contribution < -0.4 is 16.8 Å². The summed E-state index contributed by atoms with van der Waals surface area (Å²) in [6.45, 7) is 0. The molecule has 0 atom stereocenters. The molecule has 0 aliphatic carbocycles. The van der Waals surface area contributed by atoms with Crippen LogP contribution in [-0.4, -0.2) is 10.9 Å². The highest BCUT2D eigenvalue weighted by molar-refractivity contribution is 7.16. The van der Waals surface area contributed by atoms with Gasteiger partial charge >= 0.3 is 0 Å². The van der Waals surface area contributed by atoms with Crippen LogP contribution in [0.3, 0.4) is 0 Å². The van der Waals surface area contributed by atoms with E-state index in [9.17, 15) is 4.79 Å². The minimum atomic E-state index is -0.515. The summed E-state index contributed by atoms with van der Waals surface area (Å²) < 4.78 is 1.08. The van der Waals surface area contributed by atoms with Crippen molar-refractivity contribution >= 4 is 44.5 Å². The second-order valence-electron chi connectivity index (χ2n) is 4.33. The molecule has 6 heteroatoms. The molecule has 0 saturated heterocycles. The topological polar surface area (TPSA) is 94.0 Å². The van der Waals surface area contributed by atoms with Gasteiger partial charge in [-0.15, -0.1) is 11.3 Å². The molecule has 0 fully saturated rings. The second-order valence-corrected chi connectivity index (χ2v) is 5.22. The molecule has 20 heavy (non-hydrogen) atoms. The number of thiazole rings is 1. The predicted molar refractivity (Wildman–Crippen MR) is 82.3 cm³/mol. The van der Waals surface area contributed by atoms with E-state index in [1.807, 2.05) is 18.2 Å². The average molecular weight is 284 g/mol. The van der Waals surface area contributed by atoms with Gasteiger partial charge in [0.15, 0.2) is 0 Å². The fourth-order valence-electron chi connectivity index (χ4n) is 1.96. The average Bonchev–Trinajstić information content (AvgIpc) is 2.88. The fourth-order valence-corrected chi connectivity index (χ4v) is 2.68. The van der Waals surface area contributed by atoms with Crippen molar-refractivity contribution in [1.29, 1.82) is 0 Å². The van der Waals surface area contributed by atoms with Gasteiger partial charge in [0.05, 0.1) is 27.0 Å². The number of hydrogen-bond donors (Lipinski definition) is 3. The van der Waals surface area contributed by atoms with Crippen LogP contribution in [0.5, 0.6) is 0 Å². The van der Waals surface area contributed by atoms with Crippen molar-refractivity contribution in [2.75, 3.05) is 11.1 Å². The number of carbonyl (C=O) groups is 1. The van der Waals surface area contributed by atoms with Crippen molar-refractivity contribution in [3.63, 3.8) is 0 Å². The van der Waals surface area contributed by atoms with Crippen molar-refractivity contribution in [1.82, 2.24) is 4.98 Å². The first kappa shape index (κ1) is 12.4. The normalized spacial score (nSPS) is 10.6. The summed E-state index contributed by atoms with van der Waals surface area (Å²) >= 11 is 1.56. The first-order valence-corrected chi connectivity index (χ1v) is 6.81. The highest BCUT2D eigenvalue weighted by atomic mass is 32.1. The van der Waals surface area contributed by atoms with E-state index >= 15 is 0 Å². The molecule has 100 valence electrons. The summed E-state index contributed by atoms with van der Waals surface area (Å²) in [5, 5.41) is 3.19. The zero-order chi connectivity index (χ0) is 14.1. The molecule has 0 unspecified atom stereocenters. The minimum Gasteiger partial charge on any atom is -0.399 e. The lowest BCUT2D eigenvalue weighted by Gasteiger charge is -2.10. The Bertz CT molecular complexity index is 797. The molecular weight excluding hydrogens is 272 g/mol. The second kappa shape index (κ2) is 4.82. The van der Waals surface area contributed by atoms with E-state index in [1.54, 1.807) is 35.0 Å². The molecule has 0 aliphatic rings. The predicted octanol–water partition coefficient (Wildman–Crippen LogP) is 2.72. The molecular formula is C14H12N4OS. The number of nitrogens with two attached hydrogens (primary N) is 2. The van der Waals surface area contributed by atoms with Gasteiger partial charge in [-0.2, -0.15) is 0 Å². The van der Waals surface area contributed by atoms with E-state index < -0.39 is 5.91 Å². The molecule has 1 aromatic heterocycles. The number of carbonyl (C=O) groups excluding carboxylic acids is 1. The van der Waals surface area contributed by atoms with Crippen molar-refractivity contribution < 1.29 is 4.79 Å². The summed E-state index contributed by atoms with van der Waals surface area (Å²) in [6, 6.07) is 10.8. The zero-order valence-electron chi connectivity index (χ0n) is 10.5. The Morgan fingerprint density at radius 3 is 2.85 bits per heavy atom. The summed E-state index contributed by atoms with van der Waals surface area (Å²) in [7, 11) is 0. The monoisotopic (exact) mass is 284 g/mol. The Balaban J connectivity index is 1.99. The van der Waals surface area contributed by atoms with Gasteiger partial charge in [0.25, 0.3) is 5.91 Å². The smallest absolute Gasteiger partial charge is 0.250 e. The standard InChI is InChI=1S/C14H12N4OS/c15-8-1-3-11(10(5-8)14(16)19)18-9-2-4-12-13(6-9)20-7-17-12/h1-7,18H,15H2,(H2,16,19). The van der Waals surface area contributed by atoms with E-state index in [0.29, 0.717) is 16.9 Å². The lowest BCUT2D eigenvalue weighted by atomic mass is 10.1. The largest absolute Gasteiger partial charge is 0.399 e. The maximum absolute atomic E-state index is 11.5. The molecule has 5 N–H and O–H groups in total. The molecule has 0 radical (unpaired) electrons. The molecule has 5 nitrogen and oxygen atoms in total. The molecule has 0 spiro atoms. The van der Waals surface area contributed by atoms with Crippen LogP contribution in [0.25, 0.3) is 10.2 Å². The van der Waals surface area contributed by atoms with Crippen LogP contribution in [0, 0.1) is 0 Å². The highest BCUT2D eigenvalue weighted by Crippen LogP contribution is 2.26. The maximum atomic E-state index is 11.5. The van der Waals surface area contributed by atoms with Gasteiger partial charge < -0.3 is 16.8 Å². The van der Waals surface area contributed by atoms with Gasteiger partial charge in [-0.05, 0) is 36.4 Å². The molecule has 3 rings (SSSR count). The maximum Gasteiger partial charge on any atom is 0.250 e. The molecule has 0 aliphatic heterocycles. The third-order valence-corrected chi connectivity index (χ3v) is 3.71. The van der Waals surface area contributed by atoms with Crippen LogP contribution in [0.15, 0.2) is 41.9 Å².